The minimum absolute atomic E-state index is 0.0433. The van der Waals surface area contributed by atoms with E-state index in [1.165, 1.54) is 0 Å². The summed E-state index contributed by atoms with van der Waals surface area (Å²) in [7, 11) is 0. The van der Waals surface area contributed by atoms with Gasteiger partial charge in [0.1, 0.15) is 5.60 Å². The van der Waals surface area contributed by atoms with E-state index in [9.17, 15) is 9.59 Å². The van der Waals surface area contributed by atoms with Gasteiger partial charge in [0, 0.05) is 42.1 Å². The molecule has 7 nitrogen and oxygen atoms in total. The summed E-state index contributed by atoms with van der Waals surface area (Å²) >= 11 is 0. The first-order chi connectivity index (χ1) is 15.8. The average molecular weight is 446 g/mol. The lowest BCUT2D eigenvalue weighted by molar-refractivity contribution is -0.132. The first kappa shape index (κ1) is 21.2. The predicted molar refractivity (Wildman–Crippen MR) is 125 cm³/mol. The second-order valence-corrected chi connectivity index (χ2v) is 9.37. The van der Waals surface area contributed by atoms with Crippen molar-refractivity contribution in [1.82, 2.24) is 9.88 Å². The van der Waals surface area contributed by atoms with Crippen molar-refractivity contribution in [2.24, 2.45) is 5.73 Å². The van der Waals surface area contributed by atoms with Crippen LogP contribution in [0.5, 0.6) is 11.5 Å². The highest BCUT2D eigenvalue weighted by Gasteiger charge is 2.33. The summed E-state index contributed by atoms with van der Waals surface area (Å²) in [6, 6.07) is 15.0. The molecule has 1 atom stereocenters. The van der Waals surface area contributed by atoms with Gasteiger partial charge in [0.2, 0.25) is 5.91 Å². The van der Waals surface area contributed by atoms with Crippen molar-refractivity contribution < 1.29 is 19.1 Å². The van der Waals surface area contributed by atoms with Crippen LogP contribution in [0.15, 0.2) is 48.5 Å². The smallest absolute Gasteiger partial charge is 0.260 e. The molecule has 0 radical (unpaired) electrons. The van der Waals surface area contributed by atoms with Gasteiger partial charge in [0.05, 0.1) is 11.1 Å². The number of para-hydroxylation sites is 2. The van der Waals surface area contributed by atoms with Gasteiger partial charge >= 0.3 is 0 Å². The van der Waals surface area contributed by atoms with Crippen LogP contribution in [0, 0.1) is 0 Å². The van der Waals surface area contributed by atoms with Crippen LogP contribution in [0.1, 0.15) is 47.8 Å². The maximum Gasteiger partial charge on any atom is 0.260 e. The Morgan fingerprint density at radius 3 is 2.85 bits per heavy atom. The van der Waals surface area contributed by atoms with E-state index in [1.807, 2.05) is 56.3 Å². The minimum Gasteiger partial charge on any atom is -0.483 e. The summed E-state index contributed by atoms with van der Waals surface area (Å²) in [5, 5.41) is 0.744. The van der Waals surface area contributed by atoms with Crippen molar-refractivity contribution in [3.63, 3.8) is 0 Å². The van der Waals surface area contributed by atoms with E-state index >= 15 is 0 Å². The zero-order chi connectivity index (χ0) is 23.2. The molecule has 2 aliphatic rings. The Balaban J connectivity index is 1.27. The van der Waals surface area contributed by atoms with E-state index in [-0.39, 0.29) is 24.0 Å². The molecule has 1 fully saturated rings. The monoisotopic (exact) mass is 445 g/mol. The molecule has 0 unspecified atom stereocenters. The number of amides is 2. The molecule has 1 aromatic heterocycles. The maximum atomic E-state index is 12.9. The van der Waals surface area contributed by atoms with Crippen LogP contribution in [0.25, 0.3) is 10.9 Å². The number of pyridine rings is 1. The van der Waals surface area contributed by atoms with Crippen LogP contribution in [-0.2, 0) is 11.2 Å². The topological polar surface area (TPSA) is 94.8 Å². The second-order valence-electron chi connectivity index (χ2n) is 9.37. The van der Waals surface area contributed by atoms with Gasteiger partial charge in [0.25, 0.3) is 5.91 Å². The molecule has 5 rings (SSSR count). The number of ether oxygens (including phenoxy) is 2. The first-order valence-corrected chi connectivity index (χ1v) is 11.2. The lowest BCUT2D eigenvalue weighted by Gasteiger charge is -2.19. The van der Waals surface area contributed by atoms with Crippen molar-refractivity contribution in [3.8, 4) is 11.5 Å². The number of carbonyl (C=O) groups excluding carboxylic acids is 2. The highest BCUT2D eigenvalue weighted by Crippen LogP contribution is 2.41. The molecule has 33 heavy (non-hydrogen) atoms. The lowest BCUT2D eigenvalue weighted by atomic mass is 9.99. The van der Waals surface area contributed by atoms with E-state index in [1.54, 1.807) is 11.0 Å². The predicted octanol–water partition coefficient (Wildman–Crippen LogP) is 3.44. The fourth-order valence-corrected chi connectivity index (χ4v) is 4.77. The molecular weight excluding hydrogens is 418 g/mol. The number of nitrogens with zero attached hydrogens (tertiary/aromatic N) is 2. The number of fused-ring (bicyclic) bond motifs is 2. The lowest BCUT2D eigenvalue weighted by Crippen LogP contribution is -2.33. The second kappa shape index (κ2) is 8.06. The molecule has 0 bridgehead atoms. The number of benzene rings is 2. The van der Waals surface area contributed by atoms with Gasteiger partial charge in [0.15, 0.2) is 18.1 Å². The SMILES string of the molecule is CC1(C)Cc2cccc(OCC(=O)N3CC[C@@H](c4cc(C(N)=O)c5ccccc5n4)C3)c2O1. The molecule has 3 heterocycles. The van der Waals surface area contributed by atoms with Crippen LogP contribution in [0.2, 0.25) is 0 Å². The summed E-state index contributed by atoms with van der Waals surface area (Å²) in [6.07, 6.45) is 1.58. The Bertz CT molecular complexity index is 1250. The largest absolute Gasteiger partial charge is 0.483 e. The first-order valence-electron chi connectivity index (χ1n) is 11.2. The van der Waals surface area contributed by atoms with Crippen molar-refractivity contribution >= 4 is 22.7 Å². The van der Waals surface area contributed by atoms with Gasteiger partial charge in [-0.2, -0.15) is 0 Å². The van der Waals surface area contributed by atoms with Gasteiger partial charge in [-0.05, 0) is 38.5 Å². The number of nitrogens with two attached hydrogens (primary N) is 1. The molecule has 2 aromatic carbocycles. The Morgan fingerprint density at radius 1 is 1.21 bits per heavy atom. The summed E-state index contributed by atoms with van der Waals surface area (Å²) < 4.78 is 11.9. The third-order valence-corrected chi connectivity index (χ3v) is 6.37. The maximum absolute atomic E-state index is 12.9. The molecule has 3 aromatic rings. The molecule has 2 aliphatic heterocycles. The van der Waals surface area contributed by atoms with E-state index in [0.29, 0.717) is 24.4 Å². The normalized spacial score (nSPS) is 18.7. The molecule has 170 valence electrons. The summed E-state index contributed by atoms with van der Waals surface area (Å²) in [6.45, 7) is 5.17. The van der Waals surface area contributed by atoms with Gasteiger partial charge in [-0.3, -0.25) is 14.6 Å². The number of rotatable bonds is 5. The average Bonchev–Trinajstić information content (AvgIpc) is 3.40. The summed E-state index contributed by atoms with van der Waals surface area (Å²) in [4.78, 5) is 31.4. The highest BCUT2D eigenvalue weighted by atomic mass is 16.5. The fourth-order valence-electron chi connectivity index (χ4n) is 4.77. The van der Waals surface area contributed by atoms with Crippen LogP contribution in [-0.4, -0.2) is 47.0 Å². The third-order valence-electron chi connectivity index (χ3n) is 6.37. The van der Waals surface area contributed by atoms with E-state index < -0.39 is 5.91 Å². The Morgan fingerprint density at radius 2 is 2.03 bits per heavy atom. The summed E-state index contributed by atoms with van der Waals surface area (Å²) in [5.41, 5.74) is 8.42. The molecule has 2 amide bonds. The molecule has 2 N–H and O–H groups in total. The Labute approximate surface area is 192 Å². The molecule has 0 saturated carbocycles. The highest BCUT2D eigenvalue weighted by molar-refractivity contribution is 6.05. The van der Waals surface area contributed by atoms with Crippen LogP contribution < -0.4 is 15.2 Å². The van der Waals surface area contributed by atoms with Gasteiger partial charge in [-0.1, -0.05) is 30.3 Å². The van der Waals surface area contributed by atoms with Gasteiger partial charge < -0.3 is 20.1 Å². The van der Waals surface area contributed by atoms with E-state index in [0.717, 1.165) is 40.8 Å². The third kappa shape index (κ3) is 4.11. The summed E-state index contributed by atoms with van der Waals surface area (Å²) in [5.74, 6) is 0.818. The zero-order valence-corrected chi connectivity index (χ0v) is 18.8. The van der Waals surface area contributed by atoms with E-state index in [4.69, 9.17) is 20.2 Å². The van der Waals surface area contributed by atoms with Gasteiger partial charge in [-0.25, -0.2) is 0 Å². The Kier molecular flexibility index (Phi) is 5.19. The molecule has 0 aliphatic carbocycles. The van der Waals surface area contributed by atoms with Crippen molar-refractivity contribution in [1.29, 1.82) is 0 Å². The fraction of sp³-hybridized carbons (Fsp3) is 0.346. The molecule has 1 saturated heterocycles. The number of likely N-dealkylation sites (tertiary alicyclic amines) is 1. The van der Waals surface area contributed by atoms with Gasteiger partial charge in [-0.15, -0.1) is 0 Å². The number of aromatic nitrogens is 1. The standard InChI is InChI=1S/C26H27N3O4/c1-26(2)13-16-6-5-9-22(24(16)33-26)32-15-23(30)29-11-10-17(14-29)21-12-19(25(27)31)18-7-3-4-8-20(18)28-21/h3-9,12,17H,10-11,13-15H2,1-2H3,(H2,27,31)/t17-/m1/s1. The number of primary amides is 1. The quantitative estimate of drug-likeness (QED) is 0.649. The molecule has 0 spiro atoms. The van der Waals surface area contributed by atoms with Crippen molar-refractivity contribution in [2.45, 2.75) is 38.2 Å². The molecule has 7 heteroatoms. The van der Waals surface area contributed by atoms with Crippen LogP contribution in [0.3, 0.4) is 0 Å². The van der Waals surface area contributed by atoms with Crippen LogP contribution >= 0.6 is 0 Å². The van der Waals surface area contributed by atoms with Crippen LogP contribution in [0.4, 0.5) is 0 Å². The van der Waals surface area contributed by atoms with E-state index in [2.05, 4.69) is 0 Å². The zero-order valence-electron chi connectivity index (χ0n) is 18.8. The minimum atomic E-state index is -0.477. The number of hydrogen-bond acceptors (Lipinski definition) is 5. The Hall–Kier alpha value is -3.61. The number of hydrogen-bond donors (Lipinski definition) is 1. The molecular formula is C26H27N3O4. The van der Waals surface area contributed by atoms with Crippen molar-refractivity contribution in [3.05, 3.63) is 65.4 Å². The van der Waals surface area contributed by atoms with Crippen molar-refractivity contribution in [2.75, 3.05) is 19.7 Å². The number of carbonyl (C=O) groups is 2.